The highest BCUT2D eigenvalue weighted by atomic mass is 79.9. The summed E-state index contributed by atoms with van der Waals surface area (Å²) < 4.78 is 7.59. The highest BCUT2D eigenvalue weighted by Gasteiger charge is 2.15. The molecular weight excluding hydrogens is 606 g/mol. The zero-order valence-electron chi connectivity index (χ0n) is 15.8. The third-order valence-corrected chi connectivity index (χ3v) is 5.86. The van der Waals surface area contributed by atoms with Crippen LogP contribution in [0.5, 0.6) is 11.9 Å². The number of benzene rings is 2. The first-order valence-corrected chi connectivity index (χ1v) is 11.6. The molecule has 0 unspecified atom stereocenters. The number of hydrogen-bond donors (Lipinski definition) is 2. The van der Waals surface area contributed by atoms with Gasteiger partial charge in [0.2, 0.25) is 17.8 Å². The maximum absolute atomic E-state index is 6.18. The van der Waals surface area contributed by atoms with Gasteiger partial charge in [-0.1, -0.05) is 66.7 Å². The van der Waals surface area contributed by atoms with Crippen molar-refractivity contribution in [2.75, 3.05) is 10.6 Å². The Hall–Kier alpha value is -2.17. The largest absolute Gasteiger partial charge is 0.403 e. The topological polar surface area (TPSA) is 84.9 Å². The van der Waals surface area contributed by atoms with Crippen LogP contribution in [0.15, 0.2) is 63.5 Å². The first-order chi connectivity index (χ1) is 15.4. The summed E-state index contributed by atoms with van der Waals surface area (Å²) in [7, 11) is 0. The molecule has 2 aromatic carbocycles. The Balaban J connectivity index is 1.68. The smallest absolute Gasteiger partial charge is 0.330 e. The van der Waals surface area contributed by atoms with Gasteiger partial charge < -0.3 is 15.4 Å². The molecule has 0 aliphatic heterocycles. The van der Waals surface area contributed by atoms with Crippen molar-refractivity contribution in [2.24, 2.45) is 0 Å². The fourth-order valence-corrected chi connectivity index (χ4v) is 3.48. The summed E-state index contributed by atoms with van der Waals surface area (Å²) in [6, 6.07) is 16.4. The Morgan fingerprint density at radius 3 is 1.66 bits per heavy atom. The van der Waals surface area contributed by atoms with E-state index in [-0.39, 0.29) is 39.0 Å². The van der Waals surface area contributed by atoms with Crippen LogP contribution in [0.25, 0.3) is 0 Å². The van der Waals surface area contributed by atoms with Crippen molar-refractivity contribution < 1.29 is 4.74 Å². The van der Waals surface area contributed by atoms with Gasteiger partial charge in [0.05, 0.1) is 5.02 Å². The Bertz CT molecular complexity index is 1190. The SMILES string of the molecule is Clc1cc(Cl)c(Oc2nc(Nc3ccc(Br)cc3)nc(Nc3ccc(Br)cc3)n2)nc1Cl. The van der Waals surface area contributed by atoms with Crippen molar-refractivity contribution in [1.82, 2.24) is 19.9 Å². The molecule has 0 saturated heterocycles. The Kier molecular flexibility index (Phi) is 7.32. The van der Waals surface area contributed by atoms with Gasteiger partial charge in [-0.2, -0.15) is 19.9 Å². The number of aromatic nitrogens is 4. The van der Waals surface area contributed by atoms with Gasteiger partial charge in [-0.05, 0) is 54.6 Å². The molecule has 0 aliphatic carbocycles. The van der Waals surface area contributed by atoms with Crippen molar-refractivity contribution in [1.29, 1.82) is 0 Å². The van der Waals surface area contributed by atoms with E-state index in [2.05, 4.69) is 62.4 Å². The van der Waals surface area contributed by atoms with E-state index in [1.165, 1.54) is 6.07 Å². The van der Waals surface area contributed by atoms with Gasteiger partial charge in [-0.25, -0.2) is 0 Å². The monoisotopic (exact) mass is 614 g/mol. The maximum atomic E-state index is 6.18. The molecule has 0 atom stereocenters. The van der Waals surface area contributed by atoms with Crippen LogP contribution in [0.1, 0.15) is 0 Å². The second-order valence-corrected chi connectivity index (χ2v) is 9.18. The molecule has 2 N–H and O–H groups in total. The first kappa shape index (κ1) is 23.0. The lowest BCUT2D eigenvalue weighted by Crippen LogP contribution is -2.06. The zero-order valence-corrected chi connectivity index (χ0v) is 21.2. The minimum Gasteiger partial charge on any atom is -0.403 e. The van der Waals surface area contributed by atoms with E-state index in [1.807, 2.05) is 48.5 Å². The standard InChI is InChI=1S/C20H11Br2Cl3N6O/c21-10-1-5-12(6-2-10)26-18-29-19(27-13-7-3-11(22)4-8-13)31-20(30-18)32-17-15(24)9-14(23)16(25)28-17/h1-9H,(H2,26,27,29,30,31). The quantitative estimate of drug-likeness (QED) is 0.212. The summed E-state index contributed by atoms with van der Waals surface area (Å²) in [4.78, 5) is 17.1. The van der Waals surface area contributed by atoms with Crippen LogP contribution in [0.4, 0.5) is 23.3 Å². The molecule has 0 amide bonds. The number of anilines is 4. The van der Waals surface area contributed by atoms with Gasteiger partial charge in [0.1, 0.15) is 5.02 Å². The summed E-state index contributed by atoms with van der Waals surface area (Å²) >= 11 is 24.9. The summed E-state index contributed by atoms with van der Waals surface area (Å²) in [6.45, 7) is 0. The predicted molar refractivity (Wildman–Crippen MR) is 134 cm³/mol. The minimum absolute atomic E-state index is 0.0106. The number of halogens is 5. The number of ether oxygens (including phenoxy) is 1. The van der Waals surface area contributed by atoms with Gasteiger partial charge in [-0.15, -0.1) is 0 Å². The molecule has 0 aliphatic rings. The Labute approximate surface area is 214 Å². The molecule has 0 spiro atoms. The Morgan fingerprint density at radius 2 is 1.16 bits per heavy atom. The predicted octanol–water partition coefficient (Wildman–Crippen LogP) is 8.03. The third kappa shape index (κ3) is 5.99. The van der Waals surface area contributed by atoms with Crippen molar-refractivity contribution in [3.63, 3.8) is 0 Å². The van der Waals surface area contributed by atoms with Gasteiger partial charge in [0.25, 0.3) is 0 Å². The molecule has 4 rings (SSSR count). The van der Waals surface area contributed by atoms with E-state index in [0.717, 1.165) is 20.3 Å². The number of nitrogens with one attached hydrogen (secondary N) is 2. The second kappa shape index (κ2) is 10.2. The molecule has 0 fully saturated rings. The first-order valence-electron chi connectivity index (χ1n) is 8.86. The van der Waals surface area contributed by atoms with Gasteiger partial charge in [-0.3, -0.25) is 0 Å². The summed E-state index contributed by atoms with van der Waals surface area (Å²) in [5, 5.41) is 6.64. The highest BCUT2D eigenvalue weighted by Crippen LogP contribution is 2.33. The summed E-state index contributed by atoms with van der Waals surface area (Å²) in [6.07, 6.45) is 0. The van der Waals surface area contributed by atoms with Crippen LogP contribution in [-0.2, 0) is 0 Å². The average Bonchev–Trinajstić information content (AvgIpc) is 2.75. The number of nitrogens with zero attached hydrogens (tertiary/aromatic N) is 4. The van der Waals surface area contributed by atoms with Crippen molar-refractivity contribution in [3.05, 3.63) is 78.7 Å². The second-order valence-electron chi connectivity index (χ2n) is 6.18. The lowest BCUT2D eigenvalue weighted by molar-refractivity contribution is 0.425. The van der Waals surface area contributed by atoms with Crippen LogP contribution in [0, 0.1) is 0 Å². The van der Waals surface area contributed by atoms with E-state index in [4.69, 9.17) is 39.5 Å². The van der Waals surface area contributed by atoms with Crippen LogP contribution in [0.3, 0.4) is 0 Å². The van der Waals surface area contributed by atoms with E-state index >= 15 is 0 Å². The number of hydrogen-bond acceptors (Lipinski definition) is 7. The minimum atomic E-state index is -0.0491. The molecule has 7 nitrogen and oxygen atoms in total. The zero-order chi connectivity index (χ0) is 22.7. The van der Waals surface area contributed by atoms with Crippen LogP contribution >= 0.6 is 66.7 Å². The van der Waals surface area contributed by atoms with Gasteiger partial charge in [0, 0.05) is 20.3 Å². The molecule has 2 aromatic heterocycles. The van der Waals surface area contributed by atoms with E-state index in [9.17, 15) is 0 Å². The van der Waals surface area contributed by atoms with Crippen molar-refractivity contribution >= 4 is 89.9 Å². The van der Waals surface area contributed by atoms with Gasteiger partial charge >= 0.3 is 6.01 Å². The summed E-state index contributed by atoms with van der Waals surface area (Å²) in [5.41, 5.74) is 1.54. The molecule has 32 heavy (non-hydrogen) atoms. The van der Waals surface area contributed by atoms with Crippen molar-refractivity contribution in [3.8, 4) is 11.9 Å². The molecule has 0 radical (unpaired) electrons. The summed E-state index contributed by atoms with van der Waals surface area (Å²) in [5.74, 6) is 0.498. The normalized spacial score (nSPS) is 10.7. The molecule has 0 saturated carbocycles. The maximum Gasteiger partial charge on any atom is 0.330 e. The van der Waals surface area contributed by atoms with Gasteiger partial charge in [0.15, 0.2) is 5.15 Å². The molecular formula is C20H11Br2Cl3N6O. The lowest BCUT2D eigenvalue weighted by Gasteiger charge is -2.11. The third-order valence-electron chi connectivity index (χ3n) is 3.86. The molecule has 0 bridgehead atoms. The van der Waals surface area contributed by atoms with Crippen LogP contribution < -0.4 is 15.4 Å². The molecule has 4 aromatic rings. The average molecular weight is 618 g/mol. The van der Waals surface area contributed by atoms with Crippen molar-refractivity contribution in [2.45, 2.75) is 0 Å². The molecule has 12 heteroatoms. The van der Waals surface area contributed by atoms with Crippen LogP contribution in [0.2, 0.25) is 15.2 Å². The number of pyridine rings is 1. The fraction of sp³-hybridized carbons (Fsp3) is 0. The lowest BCUT2D eigenvalue weighted by atomic mass is 10.3. The Morgan fingerprint density at radius 1 is 0.656 bits per heavy atom. The van der Waals surface area contributed by atoms with E-state index in [0.29, 0.717) is 0 Å². The van der Waals surface area contributed by atoms with Crippen LogP contribution in [-0.4, -0.2) is 19.9 Å². The molecule has 2 heterocycles. The molecule has 162 valence electrons. The van der Waals surface area contributed by atoms with E-state index in [1.54, 1.807) is 0 Å². The highest BCUT2D eigenvalue weighted by molar-refractivity contribution is 9.10. The number of rotatable bonds is 6. The van der Waals surface area contributed by atoms with E-state index < -0.39 is 0 Å². The fourth-order valence-electron chi connectivity index (χ4n) is 2.43.